The topological polar surface area (TPSA) is 75.4 Å². The van der Waals surface area contributed by atoms with Gasteiger partial charge in [0.15, 0.2) is 5.65 Å². The Kier molecular flexibility index (Phi) is 4.92. The van der Waals surface area contributed by atoms with E-state index in [2.05, 4.69) is 34.2 Å². The highest BCUT2D eigenvalue weighted by Crippen LogP contribution is 2.12. The van der Waals surface area contributed by atoms with Gasteiger partial charge in [0, 0.05) is 12.7 Å². The van der Waals surface area contributed by atoms with E-state index in [-0.39, 0.29) is 6.03 Å². The van der Waals surface area contributed by atoms with Crippen molar-refractivity contribution < 1.29 is 4.79 Å². The summed E-state index contributed by atoms with van der Waals surface area (Å²) >= 11 is 0. The average molecular weight is 338 g/mol. The van der Waals surface area contributed by atoms with E-state index in [1.807, 2.05) is 37.3 Å². The van der Waals surface area contributed by atoms with Crippen LogP contribution in [-0.4, -0.2) is 37.1 Å². The number of hydrogen-bond donors (Lipinski definition) is 1. The van der Waals surface area contributed by atoms with Crippen LogP contribution in [0.1, 0.15) is 25.4 Å². The Hall–Kier alpha value is -2.96. The summed E-state index contributed by atoms with van der Waals surface area (Å²) < 4.78 is 1.66. The summed E-state index contributed by atoms with van der Waals surface area (Å²) in [6.45, 7) is 7.12. The Morgan fingerprint density at radius 1 is 1.28 bits per heavy atom. The fourth-order valence-corrected chi connectivity index (χ4v) is 2.62. The molecular weight excluding hydrogens is 316 g/mol. The molecule has 3 heterocycles. The number of urea groups is 1. The second kappa shape index (κ2) is 7.29. The van der Waals surface area contributed by atoms with Crippen LogP contribution >= 0.6 is 0 Å². The number of nitrogens with one attached hydrogen (secondary N) is 1. The lowest BCUT2D eigenvalue weighted by Crippen LogP contribution is -2.37. The highest BCUT2D eigenvalue weighted by Gasteiger charge is 2.16. The highest BCUT2D eigenvalue weighted by molar-refractivity contribution is 5.89. The summed E-state index contributed by atoms with van der Waals surface area (Å²) in [7, 11) is 0. The molecule has 0 fully saturated rings. The van der Waals surface area contributed by atoms with Crippen molar-refractivity contribution in [2.24, 2.45) is 5.92 Å². The van der Waals surface area contributed by atoms with Crippen LogP contribution in [-0.2, 0) is 6.54 Å². The van der Waals surface area contributed by atoms with E-state index in [1.54, 1.807) is 21.8 Å². The third kappa shape index (κ3) is 4.32. The van der Waals surface area contributed by atoms with Crippen molar-refractivity contribution in [3.63, 3.8) is 0 Å². The molecule has 0 radical (unpaired) electrons. The van der Waals surface area contributed by atoms with Crippen LogP contribution in [0.2, 0.25) is 0 Å². The second-order valence-corrected chi connectivity index (χ2v) is 6.41. The molecule has 0 spiro atoms. The number of hydrogen-bond acceptors (Lipinski definition) is 4. The number of aryl methyl sites for hydroxylation is 1. The van der Waals surface area contributed by atoms with Crippen molar-refractivity contribution in [2.75, 3.05) is 11.9 Å². The summed E-state index contributed by atoms with van der Waals surface area (Å²) in [4.78, 5) is 23.1. The summed E-state index contributed by atoms with van der Waals surface area (Å²) in [5, 5.41) is 7.21. The van der Waals surface area contributed by atoms with E-state index in [4.69, 9.17) is 0 Å². The Morgan fingerprint density at radius 3 is 2.84 bits per heavy atom. The standard InChI is InChI=1S/C18H22N6O/c1-13(2)10-23(11-15-6-4-5-9-19-15)18(25)21-16-7-8-17-20-14(3)22-24(17)12-16/h4-9,12-13H,10-11H2,1-3H3,(H,21,25). The molecule has 0 aliphatic heterocycles. The molecule has 3 rings (SSSR count). The molecule has 0 atom stereocenters. The minimum Gasteiger partial charge on any atom is -0.318 e. The maximum atomic E-state index is 12.7. The first-order valence-corrected chi connectivity index (χ1v) is 8.30. The fourth-order valence-electron chi connectivity index (χ4n) is 2.62. The number of nitrogens with zero attached hydrogens (tertiary/aromatic N) is 5. The van der Waals surface area contributed by atoms with Crippen LogP contribution < -0.4 is 5.32 Å². The molecule has 0 bridgehead atoms. The molecule has 7 nitrogen and oxygen atoms in total. The van der Waals surface area contributed by atoms with E-state index >= 15 is 0 Å². The number of aromatic nitrogens is 4. The summed E-state index contributed by atoms with van der Waals surface area (Å²) in [5.74, 6) is 1.05. The number of carbonyl (C=O) groups is 1. The molecular formula is C18H22N6O. The number of amides is 2. The molecule has 0 saturated heterocycles. The van der Waals surface area contributed by atoms with Crippen molar-refractivity contribution >= 4 is 17.4 Å². The zero-order valence-corrected chi connectivity index (χ0v) is 14.7. The normalized spacial score (nSPS) is 11.0. The van der Waals surface area contributed by atoms with Gasteiger partial charge in [-0.05, 0) is 37.1 Å². The molecule has 0 aliphatic carbocycles. The molecule has 3 aromatic heterocycles. The Balaban J connectivity index is 1.76. The summed E-state index contributed by atoms with van der Waals surface area (Å²) in [6, 6.07) is 9.22. The van der Waals surface area contributed by atoms with Gasteiger partial charge in [-0.3, -0.25) is 4.98 Å². The largest absolute Gasteiger partial charge is 0.322 e. The predicted molar refractivity (Wildman–Crippen MR) is 96.2 cm³/mol. The van der Waals surface area contributed by atoms with Gasteiger partial charge in [-0.25, -0.2) is 14.3 Å². The first-order chi connectivity index (χ1) is 12.0. The van der Waals surface area contributed by atoms with Crippen molar-refractivity contribution in [1.82, 2.24) is 24.5 Å². The molecule has 130 valence electrons. The smallest absolute Gasteiger partial charge is 0.318 e. The third-order valence-corrected chi connectivity index (χ3v) is 3.64. The van der Waals surface area contributed by atoms with Crippen molar-refractivity contribution in [1.29, 1.82) is 0 Å². The van der Waals surface area contributed by atoms with E-state index in [0.29, 0.717) is 30.5 Å². The third-order valence-electron chi connectivity index (χ3n) is 3.64. The zero-order valence-electron chi connectivity index (χ0n) is 14.7. The molecule has 0 saturated carbocycles. The zero-order chi connectivity index (χ0) is 17.8. The number of pyridine rings is 2. The van der Waals surface area contributed by atoms with Crippen LogP contribution in [0.25, 0.3) is 5.65 Å². The van der Waals surface area contributed by atoms with Gasteiger partial charge in [0.25, 0.3) is 0 Å². The van der Waals surface area contributed by atoms with E-state index in [0.717, 1.165) is 11.3 Å². The lowest BCUT2D eigenvalue weighted by atomic mass is 10.2. The molecule has 0 aromatic carbocycles. The average Bonchev–Trinajstić information content (AvgIpc) is 2.94. The van der Waals surface area contributed by atoms with Gasteiger partial charge in [0.1, 0.15) is 5.82 Å². The van der Waals surface area contributed by atoms with E-state index < -0.39 is 0 Å². The van der Waals surface area contributed by atoms with Gasteiger partial charge in [0.2, 0.25) is 0 Å². The monoisotopic (exact) mass is 338 g/mol. The molecule has 25 heavy (non-hydrogen) atoms. The minimum absolute atomic E-state index is 0.157. The first-order valence-electron chi connectivity index (χ1n) is 8.30. The minimum atomic E-state index is -0.157. The van der Waals surface area contributed by atoms with Crippen molar-refractivity contribution in [3.05, 3.63) is 54.2 Å². The Bertz CT molecular complexity index is 858. The number of rotatable bonds is 5. The van der Waals surface area contributed by atoms with Crippen LogP contribution in [0, 0.1) is 12.8 Å². The van der Waals surface area contributed by atoms with Gasteiger partial charge >= 0.3 is 6.03 Å². The SMILES string of the molecule is Cc1nc2ccc(NC(=O)N(Cc3ccccn3)CC(C)C)cn2n1. The van der Waals surface area contributed by atoms with Gasteiger partial charge in [0.05, 0.1) is 24.1 Å². The quantitative estimate of drug-likeness (QED) is 0.775. The summed E-state index contributed by atoms with van der Waals surface area (Å²) in [5.41, 5.74) is 2.29. The second-order valence-electron chi connectivity index (χ2n) is 6.41. The number of fused-ring (bicyclic) bond motifs is 1. The molecule has 1 N–H and O–H groups in total. The Morgan fingerprint density at radius 2 is 2.12 bits per heavy atom. The molecule has 0 unspecified atom stereocenters. The molecule has 2 amide bonds. The van der Waals surface area contributed by atoms with Gasteiger partial charge in [-0.1, -0.05) is 19.9 Å². The van der Waals surface area contributed by atoms with E-state index in [9.17, 15) is 4.79 Å². The predicted octanol–water partition coefficient (Wildman–Crippen LogP) is 3.12. The fraction of sp³-hybridized carbons (Fsp3) is 0.333. The molecule has 0 aliphatic rings. The van der Waals surface area contributed by atoms with Gasteiger partial charge in [-0.15, -0.1) is 0 Å². The lowest BCUT2D eigenvalue weighted by Gasteiger charge is -2.24. The van der Waals surface area contributed by atoms with Crippen LogP contribution in [0.4, 0.5) is 10.5 Å². The van der Waals surface area contributed by atoms with Crippen LogP contribution in [0.5, 0.6) is 0 Å². The first kappa shape index (κ1) is 16.9. The van der Waals surface area contributed by atoms with Gasteiger partial charge in [-0.2, -0.15) is 5.10 Å². The van der Waals surface area contributed by atoms with Crippen molar-refractivity contribution in [2.45, 2.75) is 27.3 Å². The molecule has 3 aromatic rings. The highest BCUT2D eigenvalue weighted by atomic mass is 16.2. The van der Waals surface area contributed by atoms with Crippen LogP contribution in [0.15, 0.2) is 42.7 Å². The van der Waals surface area contributed by atoms with Crippen molar-refractivity contribution in [3.8, 4) is 0 Å². The van der Waals surface area contributed by atoms with E-state index in [1.165, 1.54) is 0 Å². The van der Waals surface area contributed by atoms with Gasteiger partial charge < -0.3 is 10.2 Å². The molecule has 7 heteroatoms. The maximum Gasteiger partial charge on any atom is 0.322 e. The maximum absolute atomic E-state index is 12.7. The lowest BCUT2D eigenvalue weighted by molar-refractivity contribution is 0.201. The van der Waals surface area contributed by atoms with Crippen LogP contribution in [0.3, 0.4) is 0 Å². The number of carbonyl (C=O) groups excluding carboxylic acids is 1. The Labute approximate surface area is 146 Å². The number of anilines is 1. The summed E-state index contributed by atoms with van der Waals surface area (Å²) in [6.07, 6.45) is 3.50.